The van der Waals surface area contributed by atoms with Crippen LogP contribution in [0.1, 0.15) is 20.3 Å². The lowest BCUT2D eigenvalue weighted by Crippen LogP contribution is -2.18. The number of carbonyl (C=O) groups excluding carboxylic acids is 1. The van der Waals surface area contributed by atoms with Crippen molar-refractivity contribution >= 4 is 5.91 Å². The summed E-state index contributed by atoms with van der Waals surface area (Å²) in [5.74, 6) is 0.687. The summed E-state index contributed by atoms with van der Waals surface area (Å²) in [7, 11) is 3.50. The smallest absolute Gasteiger partial charge is 0.245 e. The van der Waals surface area contributed by atoms with Gasteiger partial charge in [0.25, 0.3) is 0 Å². The molecule has 1 amide bonds. The molecule has 0 aliphatic carbocycles. The molecule has 0 atom stereocenters. The van der Waals surface area contributed by atoms with Crippen molar-refractivity contribution in [3.05, 3.63) is 12.2 Å². The summed E-state index contributed by atoms with van der Waals surface area (Å²) >= 11 is 0. The second kappa shape index (κ2) is 4.94. The molecule has 0 aromatic carbocycles. The quantitative estimate of drug-likeness (QED) is 0.568. The topological polar surface area (TPSA) is 20.3 Å². The summed E-state index contributed by atoms with van der Waals surface area (Å²) in [6, 6.07) is 0. The first-order valence-electron chi connectivity index (χ1n) is 3.92. The zero-order valence-corrected chi connectivity index (χ0v) is 7.79. The Hall–Kier alpha value is -0.790. The fourth-order valence-electron chi connectivity index (χ4n) is 0.590. The summed E-state index contributed by atoms with van der Waals surface area (Å²) in [4.78, 5) is 12.5. The molecule has 64 valence electrons. The second-order valence-electron chi connectivity index (χ2n) is 3.26. The van der Waals surface area contributed by atoms with E-state index in [0.717, 1.165) is 6.42 Å². The van der Waals surface area contributed by atoms with Crippen molar-refractivity contribution in [2.75, 3.05) is 14.1 Å². The molecule has 0 unspecified atom stereocenters. The van der Waals surface area contributed by atoms with E-state index in [1.54, 1.807) is 25.1 Å². The highest BCUT2D eigenvalue weighted by Gasteiger charge is 1.96. The van der Waals surface area contributed by atoms with Crippen LogP contribution in [0.3, 0.4) is 0 Å². The summed E-state index contributed by atoms with van der Waals surface area (Å²) < 4.78 is 0. The molecular weight excluding hydrogens is 138 g/mol. The zero-order chi connectivity index (χ0) is 8.85. The van der Waals surface area contributed by atoms with E-state index >= 15 is 0 Å². The van der Waals surface area contributed by atoms with E-state index in [0.29, 0.717) is 5.92 Å². The lowest BCUT2D eigenvalue weighted by molar-refractivity contribution is -0.123. The minimum atomic E-state index is 0.0608. The van der Waals surface area contributed by atoms with Gasteiger partial charge in [-0.1, -0.05) is 19.9 Å². The van der Waals surface area contributed by atoms with Crippen molar-refractivity contribution in [2.24, 2.45) is 5.92 Å². The van der Waals surface area contributed by atoms with E-state index < -0.39 is 0 Å². The highest BCUT2D eigenvalue weighted by atomic mass is 16.2. The van der Waals surface area contributed by atoms with Crippen molar-refractivity contribution in [2.45, 2.75) is 20.3 Å². The van der Waals surface area contributed by atoms with E-state index in [1.807, 2.05) is 6.08 Å². The number of allylic oxidation sites excluding steroid dienone is 1. The van der Waals surface area contributed by atoms with Gasteiger partial charge in [-0.25, -0.2) is 0 Å². The summed E-state index contributed by atoms with van der Waals surface area (Å²) in [5.41, 5.74) is 0. The molecular formula is C9H17NO. The molecule has 0 spiro atoms. The van der Waals surface area contributed by atoms with E-state index in [9.17, 15) is 4.79 Å². The number of hydrogen-bond acceptors (Lipinski definition) is 1. The van der Waals surface area contributed by atoms with Crippen LogP contribution < -0.4 is 0 Å². The van der Waals surface area contributed by atoms with Crippen molar-refractivity contribution in [1.29, 1.82) is 0 Å². The van der Waals surface area contributed by atoms with E-state index in [1.165, 1.54) is 0 Å². The fraction of sp³-hybridized carbons (Fsp3) is 0.667. The predicted octanol–water partition coefficient (Wildman–Crippen LogP) is 1.68. The Balaban J connectivity index is 3.66. The maximum absolute atomic E-state index is 11.0. The van der Waals surface area contributed by atoms with Crippen LogP contribution in [0.4, 0.5) is 0 Å². The van der Waals surface area contributed by atoms with E-state index in [2.05, 4.69) is 13.8 Å². The van der Waals surface area contributed by atoms with Gasteiger partial charge < -0.3 is 4.90 Å². The van der Waals surface area contributed by atoms with Gasteiger partial charge in [-0.15, -0.1) is 0 Å². The average molecular weight is 155 g/mol. The summed E-state index contributed by atoms with van der Waals surface area (Å²) in [6.07, 6.45) is 4.52. The number of amides is 1. The molecule has 0 bridgehead atoms. The molecule has 0 fully saturated rings. The standard InChI is InChI=1S/C9H17NO/c1-8(2)6-5-7-9(11)10(3)4/h5,7-8H,6H2,1-4H3/b7-5+. The number of rotatable bonds is 3. The first-order chi connectivity index (χ1) is 5.04. The molecule has 2 nitrogen and oxygen atoms in total. The van der Waals surface area contributed by atoms with Crippen LogP contribution in [-0.2, 0) is 4.79 Å². The molecule has 0 aromatic heterocycles. The molecule has 0 heterocycles. The van der Waals surface area contributed by atoms with Gasteiger partial charge in [-0.2, -0.15) is 0 Å². The maximum atomic E-state index is 11.0. The third-order valence-corrected chi connectivity index (χ3v) is 1.31. The average Bonchev–Trinajstić information content (AvgIpc) is 1.86. The molecule has 0 aliphatic rings. The monoisotopic (exact) mass is 155 g/mol. The molecule has 0 N–H and O–H groups in total. The molecule has 0 radical (unpaired) electrons. The summed E-state index contributed by atoms with van der Waals surface area (Å²) in [6.45, 7) is 4.26. The van der Waals surface area contributed by atoms with Gasteiger partial charge in [0, 0.05) is 14.1 Å². The molecule has 0 aromatic rings. The number of hydrogen-bond donors (Lipinski definition) is 0. The first kappa shape index (κ1) is 10.2. The van der Waals surface area contributed by atoms with Crippen molar-refractivity contribution in [1.82, 2.24) is 4.90 Å². The van der Waals surface area contributed by atoms with Gasteiger partial charge in [-0.3, -0.25) is 4.79 Å². The largest absolute Gasteiger partial charge is 0.345 e. The number of nitrogens with zero attached hydrogens (tertiary/aromatic N) is 1. The third-order valence-electron chi connectivity index (χ3n) is 1.31. The number of carbonyl (C=O) groups is 1. The number of likely N-dealkylation sites (N-methyl/N-ethyl adjacent to an activating group) is 1. The maximum Gasteiger partial charge on any atom is 0.245 e. The Morgan fingerprint density at radius 3 is 2.36 bits per heavy atom. The second-order valence-corrected chi connectivity index (χ2v) is 3.26. The third kappa shape index (κ3) is 5.64. The van der Waals surface area contributed by atoms with Gasteiger partial charge in [0.2, 0.25) is 5.91 Å². The van der Waals surface area contributed by atoms with Gasteiger partial charge in [0.1, 0.15) is 0 Å². The van der Waals surface area contributed by atoms with Crippen molar-refractivity contribution in [3.8, 4) is 0 Å². The van der Waals surface area contributed by atoms with Gasteiger partial charge in [0.05, 0.1) is 0 Å². The van der Waals surface area contributed by atoms with Crippen molar-refractivity contribution < 1.29 is 4.79 Å². The SMILES string of the molecule is CC(C)C/C=C/C(=O)N(C)C. The Kier molecular flexibility index (Phi) is 4.59. The van der Waals surface area contributed by atoms with Crippen molar-refractivity contribution in [3.63, 3.8) is 0 Å². The lowest BCUT2D eigenvalue weighted by atomic mass is 10.1. The van der Waals surface area contributed by atoms with Gasteiger partial charge >= 0.3 is 0 Å². The fourth-order valence-corrected chi connectivity index (χ4v) is 0.590. The van der Waals surface area contributed by atoms with E-state index in [4.69, 9.17) is 0 Å². The minimum Gasteiger partial charge on any atom is -0.345 e. The normalized spacial score (nSPS) is 11.0. The van der Waals surface area contributed by atoms with Crippen LogP contribution in [0.5, 0.6) is 0 Å². The van der Waals surface area contributed by atoms with Crippen LogP contribution in [0.2, 0.25) is 0 Å². The first-order valence-corrected chi connectivity index (χ1v) is 3.92. The predicted molar refractivity (Wildman–Crippen MR) is 47.3 cm³/mol. The molecule has 0 aliphatic heterocycles. The van der Waals surface area contributed by atoms with Crippen LogP contribution in [0, 0.1) is 5.92 Å². The van der Waals surface area contributed by atoms with Crippen LogP contribution in [0.25, 0.3) is 0 Å². The summed E-state index contributed by atoms with van der Waals surface area (Å²) in [5, 5.41) is 0. The van der Waals surface area contributed by atoms with Crippen LogP contribution >= 0.6 is 0 Å². The van der Waals surface area contributed by atoms with Gasteiger partial charge in [-0.05, 0) is 18.4 Å². The molecule has 2 heteroatoms. The Morgan fingerprint density at radius 2 is 2.00 bits per heavy atom. The lowest BCUT2D eigenvalue weighted by Gasteiger charge is -2.05. The zero-order valence-electron chi connectivity index (χ0n) is 7.79. The molecule has 0 rings (SSSR count). The Morgan fingerprint density at radius 1 is 1.45 bits per heavy atom. The Bertz CT molecular complexity index is 148. The van der Waals surface area contributed by atoms with Crippen LogP contribution in [-0.4, -0.2) is 24.9 Å². The molecule has 11 heavy (non-hydrogen) atoms. The van der Waals surface area contributed by atoms with Gasteiger partial charge in [0.15, 0.2) is 0 Å². The molecule has 0 saturated carbocycles. The highest BCUT2D eigenvalue weighted by Crippen LogP contribution is 1.99. The minimum absolute atomic E-state index is 0.0608. The highest BCUT2D eigenvalue weighted by molar-refractivity contribution is 5.87. The Labute approximate surface area is 68.9 Å². The molecule has 0 saturated heterocycles. The van der Waals surface area contributed by atoms with Crippen LogP contribution in [0.15, 0.2) is 12.2 Å². The van der Waals surface area contributed by atoms with E-state index in [-0.39, 0.29) is 5.91 Å².